The Morgan fingerprint density at radius 3 is 2.83 bits per heavy atom. The molecule has 4 N–H and O–H groups in total. The molecule has 0 spiro atoms. The summed E-state index contributed by atoms with van der Waals surface area (Å²) in [6.45, 7) is 4.76. The van der Waals surface area contributed by atoms with E-state index in [0.29, 0.717) is 31.5 Å². The first kappa shape index (κ1) is 23.4. The average Bonchev–Trinajstić information content (AvgIpc) is 3.15. The molecule has 0 fully saturated rings. The van der Waals surface area contributed by atoms with Gasteiger partial charge in [-0.15, -0.1) is 0 Å². The Morgan fingerprint density at radius 2 is 2.17 bits per heavy atom. The highest BCUT2D eigenvalue weighted by molar-refractivity contribution is 9.10. The molecule has 0 bridgehead atoms. The van der Waals surface area contributed by atoms with Gasteiger partial charge in [0.15, 0.2) is 11.5 Å². The maximum Gasteiger partial charge on any atom is 0.269 e. The number of anilines is 1. The Labute approximate surface area is 175 Å². The standard InChI is InChI=1S/C16H23BrFN6O4P/c1-3-9-29(26,27-4-2)20-8-7-19-15-14(23-28-24-15)16(22-25)21-11-5-6-13(18)12(17)10-11/h5-6,10,25H,3-4,7-9H2,1-2H3,(H,19,24)(H,20,26)(H,21,22). The van der Waals surface area contributed by atoms with E-state index in [1.165, 1.54) is 18.2 Å². The molecule has 29 heavy (non-hydrogen) atoms. The number of amidine groups is 1. The maximum absolute atomic E-state index is 13.4. The van der Waals surface area contributed by atoms with Gasteiger partial charge in [0.25, 0.3) is 7.52 Å². The topological polar surface area (TPSA) is 134 Å². The first-order chi connectivity index (χ1) is 13.9. The SMILES string of the molecule is CCCP(=O)(NCCNc1nonc1C(=Nc1ccc(F)c(Br)c1)NO)OCC. The fraction of sp³-hybridized carbons (Fsp3) is 0.438. The summed E-state index contributed by atoms with van der Waals surface area (Å²) >= 11 is 3.08. The lowest BCUT2D eigenvalue weighted by molar-refractivity contribution is 0.234. The van der Waals surface area contributed by atoms with E-state index in [4.69, 9.17) is 9.15 Å². The van der Waals surface area contributed by atoms with E-state index >= 15 is 0 Å². The third-order valence-electron chi connectivity index (χ3n) is 3.59. The lowest BCUT2D eigenvalue weighted by atomic mass is 10.3. The molecule has 0 aliphatic carbocycles. The van der Waals surface area contributed by atoms with Crippen LogP contribution < -0.4 is 15.9 Å². The minimum Gasteiger partial charge on any atom is -0.364 e. The number of aromatic nitrogens is 2. The van der Waals surface area contributed by atoms with E-state index in [9.17, 15) is 14.2 Å². The third kappa shape index (κ3) is 6.86. The number of nitrogens with one attached hydrogen (secondary N) is 3. The van der Waals surface area contributed by atoms with E-state index in [1.807, 2.05) is 12.4 Å². The van der Waals surface area contributed by atoms with Crippen LogP contribution in [-0.4, -0.2) is 47.2 Å². The molecule has 1 unspecified atom stereocenters. The largest absolute Gasteiger partial charge is 0.364 e. The van der Waals surface area contributed by atoms with Gasteiger partial charge in [0, 0.05) is 19.3 Å². The minimum atomic E-state index is -2.88. The molecule has 2 aromatic rings. The summed E-state index contributed by atoms with van der Waals surface area (Å²) in [5.41, 5.74) is 2.42. The van der Waals surface area contributed by atoms with Gasteiger partial charge in [0.1, 0.15) is 5.82 Å². The van der Waals surface area contributed by atoms with Crippen molar-refractivity contribution in [1.29, 1.82) is 0 Å². The highest BCUT2D eigenvalue weighted by atomic mass is 79.9. The Bertz CT molecular complexity index is 871. The van der Waals surface area contributed by atoms with Gasteiger partial charge < -0.3 is 9.84 Å². The van der Waals surface area contributed by atoms with Crippen LogP contribution in [0.1, 0.15) is 26.0 Å². The molecule has 13 heteroatoms. The Kier molecular flexibility index (Phi) is 9.18. The first-order valence-electron chi connectivity index (χ1n) is 8.91. The van der Waals surface area contributed by atoms with E-state index in [1.54, 1.807) is 6.92 Å². The van der Waals surface area contributed by atoms with Crippen molar-refractivity contribution < 1.29 is 23.3 Å². The number of halogens is 2. The van der Waals surface area contributed by atoms with Gasteiger partial charge in [-0.3, -0.25) is 15.3 Å². The van der Waals surface area contributed by atoms with Crippen molar-refractivity contribution in [2.45, 2.75) is 20.3 Å². The highest BCUT2D eigenvalue weighted by Gasteiger charge is 2.21. The number of nitrogens with zero attached hydrogens (tertiary/aromatic N) is 3. The van der Waals surface area contributed by atoms with Crippen LogP contribution in [0.3, 0.4) is 0 Å². The second-order valence-corrected chi connectivity index (χ2v) is 9.00. The first-order valence-corrected chi connectivity index (χ1v) is 11.5. The van der Waals surface area contributed by atoms with E-state index < -0.39 is 13.3 Å². The van der Waals surface area contributed by atoms with Crippen LogP contribution in [0, 0.1) is 5.82 Å². The molecule has 1 atom stereocenters. The Morgan fingerprint density at radius 1 is 1.38 bits per heavy atom. The zero-order valence-corrected chi connectivity index (χ0v) is 18.5. The molecule has 2 rings (SSSR count). The molecule has 10 nitrogen and oxygen atoms in total. The van der Waals surface area contributed by atoms with Crippen LogP contribution in [0.15, 0.2) is 32.3 Å². The van der Waals surface area contributed by atoms with Crippen LogP contribution in [0.2, 0.25) is 0 Å². The van der Waals surface area contributed by atoms with Crippen LogP contribution >= 0.6 is 23.4 Å². The fourth-order valence-electron chi connectivity index (χ4n) is 2.37. The normalized spacial score (nSPS) is 13.9. The molecular formula is C16H23BrFN6O4P. The predicted molar refractivity (Wildman–Crippen MR) is 110 cm³/mol. The fourth-order valence-corrected chi connectivity index (χ4v) is 4.58. The minimum absolute atomic E-state index is 0.0498. The van der Waals surface area contributed by atoms with Crippen molar-refractivity contribution in [3.8, 4) is 0 Å². The molecule has 0 radical (unpaired) electrons. The van der Waals surface area contributed by atoms with Crippen molar-refractivity contribution in [2.24, 2.45) is 4.99 Å². The summed E-state index contributed by atoms with van der Waals surface area (Å²) in [5, 5.41) is 22.8. The van der Waals surface area contributed by atoms with Gasteiger partial charge >= 0.3 is 0 Å². The van der Waals surface area contributed by atoms with Crippen molar-refractivity contribution >= 4 is 40.8 Å². The van der Waals surface area contributed by atoms with Crippen LogP contribution in [0.25, 0.3) is 0 Å². The van der Waals surface area contributed by atoms with Crippen LogP contribution in [0.5, 0.6) is 0 Å². The number of hydrogen-bond donors (Lipinski definition) is 4. The average molecular weight is 493 g/mol. The second-order valence-electron chi connectivity index (χ2n) is 5.78. The highest BCUT2D eigenvalue weighted by Crippen LogP contribution is 2.42. The summed E-state index contributed by atoms with van der Waals surface area (Å²) in [4.78, 5) is 4.17. The number of benzene rings is 1. The molecule has 1 heterocycles. The number of hydroxylamine groups is 1. The Balaban J connectivity index is 2.04. The lowest BCUT2D eigenvalue weighted by Gasteiger charge is -2.18. The van der Waals surface area contributed by atoms with Gasteiger partial charge in [0.2, 0.25) is 5.82 Å². The molecule has 0 saturated carbocycles. The summed E-state index contributed by atoms with van der Waals surface area (Å²) in [6, 6.07) is 4.11. The zero-order chi connectivity index (χ0) is 21.3. The van der Waals surface area contributed by atoms with E-state index in [0.717, 1.165) is 6.42 Å². The monoisotopic (exact) mass is 492 g/mol. The predicted octanol–water partition coefficient (Wildman–Crippen LogP) is 3.67. The molecule has 0 saturated heterocycles. The molecule has 1 aromatic heterocycles. The van der Waals surface area contributed by atoms with Gasteiger partial charge in [-0.05, 0) is 57.8 Å². The van der Waals surface area contributed by atoms with E-state index in [-0.39, 0.29) is 21.8 Å². The molecular weight excluding hydrogens is 470 g/mol. The van der Waals surface area contributed by atoms with Crippen molar-refractivity contribution in [3.05, 3.63) is 34.2 Å². The van der Waals surface area contributed by atoms with Crippen molar-refractivity contribution in [1.82, 2.24) is 20.9 Å². The molecule has 0 aliphatic rings. The van der Waals surface area contributed by atoms with Gasteiger partial charge in [-0.2, -0.15) is 0 Å². The number of rotatable bonds is 11. The number of aliphatic imine (C=N–C) groups is 1. The van der Waals surface area contributed by atoms with Crippen molar-refractivity contribution in [2.75, 3.05) is 31.2 Å². The van der Waals surface area contributed by atoms with Crippen LogP contribution in [0.4, 0.5) is 15.9 Å². The third-order valence-corrected chi connectivity index (χ3v) is 6.61. The zero-order valence-electron chi connectivity index (χ0n) is 16.0. The molecule has 160 valence electrons. The lowest BCUT2D eigenvalue weighted by Crippen LogP contribution is -2.25. The quantitative estimate of drug-likeness (QED) is 0.122. The van der Waals surface area contributed by atoms with Gasteiger partial charge in [-0.1, -0.05) is 6.92 Å². The summed E-state index contributed by atoms with van der Waals surface area (Å²) in [6.07, 6.45) is 1.17. The second kappa shape index (κ2) is 11.4. The van der Waals surface area contributed by atoms with Gasteiger partial charge in [-0.25, -0.2) is 19.1 Å². The molecule has 0 amide bonds. The van der Waals surface area contributed by atoms with Crippen LogP contribution in [-0.2, 0) is 9.09 Å². The summed E-state index contributed by atoms with van der Waals surface area (Å²) < 4.78 is 36.2. The molecule has 0 aliphatic heterocycles. The smallest absolute Gasteiger partial charge is 0.269 e. The summed E-state index contributed by atoms with van der Waals surface area (Å²) in [5.74, 6) is -0.269. The molecule has 1 aromatic carbocycles. The van der Waals surface area contributed by atoms with E-state index in [2.05, 4.69) is 41.6 Å². The Hall–Kier alpha value is -1.85. The number of hydrogen-bond acceptors (Lipinski definition) is 8. The van der Waals surface area contributed by atoms with Gasteiger partial charge in [0.05, 0.1) is 16.8 Å². The van der Waals surface area contributed by atoms with Crippen molar-refractivity contribution in [3.63, 3.8) is 0 Å². The maximum atomic E-state index is 13.4. The summed E-state index contributed by atoms with van der Waals surface area (Å²) in [7, 11) is -2.88.